The number of amides is 2. The maximum Gasteiger partial charge on any atom is 0.227 e. The van der Waals surface area contributed by atoms with Crippen LogP contribution in [0.3, 0.4) is 0 Å². The summed E-state index contributed by atoms with van der Waals surface area (Å²) in [7, 11) is 0. The molecule has 0 spiro atoms. The van der Waals surface area contributed by atoms with Gasteiger partial charge in [0.05, 0.1) is 5.92 Å². The van der Waals surface area contributed by atoms with E-state index >= 15 is 0 Å². The molecule has 2 aromatic rings. The van der Waals surface area contributed by atoms with Gasteiger partial charge >= 0.3 is 0 Å². The summed E-state index contributed by atoms with van der Waals surface area (Å²) in [6.45, 7) is 3.16. The Balaban J connectivity index is 1.41. The highest BCUT2D eigenvalue weighted by Crippen LogP contribution is 2.25. The van der Waals surface area contributed by atoms with Crippen molar-refractivity contribution in [1.29, 1.82) is 0 Å². The van der Waals surface area contributed by atoms with Crippen molar-refractivity contribution in [2.75, 3.05) is 18.0 Å². The topological polar surface area (TPSA) is 49.4 Å². The van der Waals surface area contributed by atoms with Gasteiger partial charge in [0.25, 0.3) is 0 Å². The van der Waals surface area contributed by atoms with Crippen molar-refractivity contribution in [3.63, 3.8) is 0 Å². The molecule has 0 aromatic heterocycles. The second kappa shape index (κ2) is 8.65. The molecule has 0 saturated carbocycles. The summed E-state index contributed by atoms with van der Waals surface area (Å²) < 4.78 is 0. The molecule has 2 amide bonds. The van der Waals surface area contributed by atoms with Crippen LogP contribution in [0.2, 0.25) is 0 Å². The fourth-order valence-corrected chi connectivity index (χ4v) is 3.31. The van der Waals surface area contributed by atoms with Crippen LogP contribution >= 0.6 is 0 Å². The van der Waals surface area contributed by atoms with Crippen LogP contribution in [0.15, 0.2) is 54.6 Å². The highest BCUT2D eigenvalue weighted by molar-refractivity contribution is 6.00. The Kier molecular flexibility index (Phi) is 6.05. The van der Waals surface area contributed by atoms with Crippen LogP contribution in [0.25, 0.3) is 0 Å². The molecule has 0 radical (unpaired) electrons. The molecule has 1 fully saturated rings. The van der Waals surface area contributed by atoms with E-state index in [4.69, 9.17) is 0 Å². The van der Waals surface area contributed by atoms with Crippen molar-refractivity contribution in [2.45, 2.75) is 32.6 Å². The molecule has 0 bridgehead atoms. The van der Waals surface area contributed by atoms with E-state index in [1.807, 2.05) is 49.4 Å². The lowest BCUT2D eigenvalue weighted by Gasteiger charge is -2.17. The van der Waals surface area contributed by atoms with Gasteiger partial charge in [-0.2, -0.15) is 0 Å². The van der Waals surface area contributed by atoms with Crippen molar-refractivity contribution in [2.24, 2.45) is 5.92 Å². The summed E-state index contributed by atoms with van der Waals surface area (Å²) in [4.78, 5) is 26.3. The minimum Gasteiger partial charge on any atom is -0.356 e. The second-order valence-electron chi connectivity index (χ2n) is 6.97. The van der Waals surface area contributed by atoms with E-state index in [0.29, 0.717) is 19.5 Å². The third kappa shape index (κ3) is 4.72. The lowest BCUT2D eigenvalue weighted by molar-refractivity contribution is -0.126. The van der Waals surface area contributed by atoms with Gasteiger partial charge < -0.3 is 10.2 Å². The first kappa shape index (κ1) is 18.2. The summed E-state index contributed by atoms with van der Waals surface area (Å²) in [6, 6.07) is 18.2. The third-order valence-electron chi connectivity index (χ3n) is 4.88. The monoisotopic (exact) mass is 350 g/mol. The normalized spacial score (nSPS) is 16.7. The maximum absolute atomic E-state index is 12.4. The minimum absolute atomic E-state index is 0.00678. The average molecular weight is 350 g/mol. The zero-order valence-electron chi connectivity index (χ0n) is 15.3. The standard InChI is InChI=1S/C22H26N2O2/c1-17-10-12-20(13-11-17)24-16-19(15-21(24)25)22(26)23-14-6-5-9-18-7-3-2-4-8-18/h2-4,7-8,10-13,19H,5-6,9,14-16H2,1H3,(H,23,26)/t19-/m1/s1. The number of nitrogens with one attached hydrogen (secondary N) is 1. The molecule has 0 unspecified atom stereocenters. The van der Waals surface area contributed by atoms with Crippen LogP contribution in [0.4, 0.5) is 5.69 Å². The smallest absolute Gasteiger partial charge is 0.227 e. The summed E-state index contributed by atoms with van der Waals surface area (Å²) >= 11 is 0. The Morgan fingerprint density at radius 2 is 1.81 bits per heavy atom. The molecule has 136 valence electrons. The first-order chi connectivity index (χ1) is 12.6. The molecule has 4 nitrogen and oxygen atoms in total. The molecule has 26 heavy (non-hydrogen) atoms. The van der Waals surface area contributed by atoms with Gasteiger partial charge in [-0.1, -0.05) is 48.0 Å². The van der Waals surface area contributed by atoms with Gasteiger partial charge in [-0.25, -0.2) is 0 Å². The van der Waals surface area contributed by atoms with E-state index in [9.17, 15) is 9.59 Å². The molecule has 4 heteroatoms. The molecule has 1 N–H and O–H groups in total. The number of anilines is 1. The molecule has 1 heterocycles. The number of hydrogen-bond donors (Lipinski definition) is 1. The van der Waals surface area contributed by atoms with E-state index in [-0.39, 0.29) is 17.7 Å². The molecule has 1 saturated heterocycles. The van der Waals surface area contributed by atoms with Gasteiger partial charge in [-0.15, -0.1) is 0 Å². The highest BCUT2D eigenvalue weighted by atomic mass is 16.2. The summed E-state index contributed by atoms with van der Waals surface area (Å²) in [5.41, 5.74) is 3.36. The Morgan fingerprint density at radius 1 is 1.08 bits per heavy atom. The number of benzene rings is 2. The fraction of sp³-hybridized carbons (Fsp3) is 0.364. The van der Waals surface area contributed by atoms with Crippen molar-refractivity contribution in [1.82, 2.24) is 5.32 Å². The zero-order valence-corrected chi connectivity index (χ0v) is 15.3. The number of unbranched alkanes of at least 4 members (excludes halogenated alkanes) is 1. The lowest BCUT2D eigenvalue weighted by atomic mass is 10.1. The Hall–Kier alpha value is -2.62. The zero-order chi connectivity index (χ0) is 18.4. The molecule has 1 atom stereocenters. The van der Waals surface area contributed by atoms with Crippen LogP contribution in [0.1, 0.15) is 30.4 Å². The Labute approximate surface area is 155 Å². The van der Waals surface area contributed by atoms with Crippen LogP contribution < -0.4 is 10.2 Å². The van der Waals surface area contributed by atoms with Crippen molar-refractivity contribution in [3.05, 3.63) is 65.7 Å². The first-order valence-corrected chi connectivity index (χ1v) is 9.32. The maximum atomic E-state index is 12.4. The highest BCUT2D eigenvalue weighted by Gasteiger charge is 2.34. The van der Waals surface area contributed by atoms with Gasteiger partial charge in [0.15, 0.2) is 0 Å². The molecule has 1 aliphatic heterocycles. The van der Waals surface area contributed by atoms with E-state index in [0.717, 1.165) is 30.5 Å². The van der Waals surface area contributed by atoms with Gasteiger partial charge in [0, 0.05) is 25.2 Å². The van der Waals surface area contributed by atoms with Gasteiger partial charge in [-0.05, 0) is 43.9 Å². The number of carbonyl (C=O) groups is 2. The fourth-order valence-electron chi connectivity index (χ4n) is 3.31. The lowest BCUT2D eigenvalue weighted by Crippen LogP contribution is -2.33. The second-order valence-corrected chi connectivity index (χ2v) is 6.97. The van der Waals surface area contributed by atoms with Crippen LogP contribution in [-0.2, 0) is 16.0 Å². The van der Waals surface area contributed by atoms with Crippen LogP contribution in [-0.4, -0.2) is 24.9 Å². The van der Waals surface area contributed by atoms with Crippen molar-refractivity contribution >= 4 is 17.5 Å². The van der Waals surface area contributed by atoms with Crippen molar-refractivity contribution < 1.29 is 9.59 Å². The Morgan fingerprint density at radius 3 is 2.54 bits per heavy atom. The van der Waals surface area contributed by atoms with Gasteiger partial charge in [0.2, 0.25) is 11.8 Å². The molecule has 3 rings (SSSR count). The van der Waals surface area contributed by atoms with Gasteiger partial charge in [0.1, 0.15) is 0 Å². The molecular formula is C22H26N2O2. The predicted molar refractivity (Wildman–Crippen MR) is 104 cm³/mol. The van der Waals surface area contributed by atoms with E-state index in [1.165, 1.54) is 5.56 Å². The number of aryl methyl sites for hydroxylation is 2. The third-order valence-corrected chi connectivity index (χ3v) is 4.88. The predicted octanol–water partition coefficient (Wildman–Crippen LogP) is 3.49. The van der Waals surface area contributed by atoms with Gasteiger partial charge in [-0.3, -0.25) is 9.59 Å². The quantitative estimate of drug-likeness (QED) is 0.777. The number of rotatable bonds is 7. The summed E-state index contributed by atoms with van der Waals surface area (Å²) in [6.07, 6.45) is 3.32. The first-order valence-electron chi connectivity index (χ1n) is 9.32. The SMILES string of the molecule is Cc1ccc(N2C[C@H](C(=O)NCCCCc3ccccc3)CC2=O)cc1. The minimum atomic E-state index is -0.252. The van der Waals surface area contributed by atoms with E-state index < -0.39 is 0 Å². The molecule has 2 aromatic carbocycles. The molecule has 0 aliphatic carbocycles. The summed E-state index contributed by atoms with van der Waals surface area (Å²) in [5, 5.41) is 2.99. The summed E-state index contributed by atoms with van der Waals surface area (Å²) in [5.74, 6) is -0.233. The number of carbonyl (C=O) groups excluding carboxylic acids is 2. The number of nitrogens with zero attached hydrogens (tertiary/aromatic N) is 1. The van der Waals surface area contributed by atoms with Crippen molar-refractivity contribution in [3.8, 4) is 0 Å². The average Bonchev–Trinajstić information content (AvgIpc) is 3.05. The number of hydrogen-bond acceptors (Lipinski definition) is 2. The van der Waals surface area contributed by atoms with E-state index in [1.54, 1.807) is 4.90 Å². The van der Waals surface area contributed by atoms with E-state index in [2.05, 4.69) is 17.4 Å². The Bertz CT molecular complexity index is 740. The molecule has 1 aliphatic rings. The largest absolute Gasteiger partial charge is 0.356 e. The molecular weight excluding hydrogens is 324 g/mol. The van der Waals surface area contributed by atoms with Crippen LogP contribution in [0, 0.1) is 12.8 Å². The van der Waals surface area contributed by atoms with Crippen LogP contribution in [0.5, 0.6) is 0 Å².